The molecule has 4 aliphatic heterocycles. The average molecular weight is 1100 g/mol. The van der Waals surface area contributed by atoms with Crippen molar-refractivity contribution < 1.29 is 52.1 Å². The van der Waals surface area contributed by atoms with Gasteiger partial charge in [0.2, 0.25) is 11.8 Å². The summed E-state index contributed by atoms with van der Waals surface area (Å²) in [6, 6.07) is 29.2. The summed E-state index contributed by atoms with van der Waals surface area (Å²) in [5.41, 5.74) is -0.201. The minimum absolute atomic E-state index is 0.00526. The predicted molar refractivity (Wildman–Crippen MR) is 306 cm³/mol. The molecule has 3 fully saturated rings. The lowest BCUT2D eigenvalue weighted by Crippen LogP contribution is -2.75. The number of Topliss-reactive ketones (excluding diaryl/α,β-unsaturated/α-hetero) is 1. The number of ketones is 1. The molecule has 1 spiro atoms. The van der Waals surface area contributed by atoms with Crippen LogP contribution < -0.4 is 19.1 Å². The third-order valence-corrected chi connectivity index (χ3v) is 23.1. The second-order valence-electron chi connectivity index (χ2n) is 24.0. The fourth-order valence-electron chi connectivity index (χ4n) is 11.6. The highest BCUT2D eigenvalue weighted by Gasteiger charge is 2.71. The van der Waals surface area contributed by atoms with Crippen molar-refractivity contribution in [2.24, 2.45) is 5.41 Å². The molecule has 0 saturated carbocycles. The Morgan fingerprint density at radius 3 is 2.13 bits per heavy atom. The lowest BCUT2D eigenvalue weighted by molar-refractivity contribution is -0.154. The number of nitrogens with zero attached hydrogens (tertiary/aromatic N) is 3. The molecular formula is C61H76N4O11Si2. The van der Waals surface area contributed by atoms with Crippen molar-refractivity contribution in [2.45, 2.75) is 127 Å². The van der Waals surface area contributed by atoms with Crippen LogP contribution in [0.25, 0.3) is 17.0 Å². The molecule has 2 bridgehead atoms. The van der Waals surface area contributed by atoms with Crippen molar-refractivity contribution in [1.29, 1.82) is 0 Å². The van der Waals surface area contributed by atoms with Crippen LogP contribution in [0.3, 0.4) is 0 Å². The Kier molecular flexibility index (Phi) is 15.7. The number of esters is 1. The number of anilines is 1. The maximum atomic E-state index is 16.4. The third kappa shape index (κ3) is 10.4. The van der Waals surface area contributed by atoms with Gasteiger partial charge in [0, 0.05) is 57.2 Å². The second-order valence-corrected chi connectivity index (χ2v) is 34.5. The Labute approximate surface area is 460 Å². The summed E-state index contributed by atoms with van der Waals surface area (Å²) in [6.07, 6.45) is 4.11. The van der Waals surface area contributed by atoms with Gasteiger partial charge in [0.15, 0.2) is 31.3 Å². The van der Waals surface area contributed by atoms with E-state index in [1.54, 1.807) is 13.2 Å². The summed E-state index contributed by atoms with van der Waals surface area (Å²) < 4.78 is 37.6. The molecule has 414 valence electrons. The number of para-hydroxylation sites is 1. The normalized spacial score (nSPS) is 21.5. The minimum atomic E-state index is -2.09. The van der Waals surface area contributed by atoms with E-state index in [0.717, 1.165) is 17.2 Å². The monoisotopic (exact) mass is 1100 g/mol. The van der Waals surface area contributed by atoms with Gasteiger partial charge < -0.3 is 38.0 Å². The van der Waals surface area contributed by atoms with E-state index in [2.05, 4.69) is 58.5 Å². The van der Waals surface area contributed by atoms with Gasteiger partial charge in [0.25, 0.3) is 0 Å². The molecule has 0 unspecified atom stereocenters. The Morgan fingerprint density at radius 2 is 1.46 bits per heavy atom. The summed E-state index contributed by atoms with van der Waals surface area (Å²) in [7, 11) is -0.531. The van der Waals surface area contributed by atoms with Crippen molar-refractivity contribution in [3.05, 3.63) is 125 Å². The number of aromatic nitrogens is 1. The standard InChI is InChI=1S/C61H76N4O11Si2/c1-58(2,3)78(9,10)76-34-33-63-31-18-27-59(56(63)69,39-50(67)73-35-36-77(6,7)8)28-25-45-37-44-38-47(53(71-4)54(72-5)51(44)62-45)60-30-32-64(57(70)75-41-43-21-15-12-16-22-43)61(55(60)68)29-26-49(66)65(61)52-46(60)23-17-24-48(52)74-40-42-19-13-11-14-20-42/h11-17,19-25,28,37-38,62H,18,26-27,29-36,39-41H2,1-10H3/b28-25-/t59-,60-,61+/m1/s1. The molecule has 0 radical (unpaired) electrons. The number of hydrogen-bond donors (Lipinski definition) is 1. The third-order valence-electron chi connectivity index (χ3n) is 16.8. The Balaban J connectivity index is 1.14. The van der Waals surface area contributed by atoms with Crippen LogP contribution >= 0.6 is 0 Å². The van der Waals surface area contributed by atoms with E-state index in [-0.39, 0.29) is 68.1 Å². The number of likely N-dealkylation sites (tertiary alicyclic amines) is 2. The smallest absolute Gasteiger partial charge is 0.412 e. The largest absolute Gasteiger partial charge is 0.492 e. The fraction of sp³-hybridized carbons (Fsp3) is 0.459. The Morgan fingerprint density at radius 1 is 0.769 bits per heavy atom. The number of hydrogen-bond acceptors (Lipinski definition) is 11. The first-order chi connectivity index (χ1) is 37.1. The summed E-state index contributed by atoms with van der Waals surface area (Å²) in [5.74, 6) is -0.263. The predicted octanol–water partition coefficient (Wildman–Crippen LogP) is 11.4. The van der Waals surface area contributed by atoms with Gasteiger partial charge in [0.1, 0.15) is 19.0 Å². The number of rotatable bonds is 19. The zero-order valence-corrected chi connectivity index (χ0v) is 49.0. The molecule has 1 aromatic heterocycles. The molecule has 5 heterocycles. The number of benzene rings is 4. The van der Waals surface area contributed by atoms with Crippen molar-refractivity contribution in [2.75, 3.05) is 52.0 Å². The van der Waals surface area contributed by atoms with Crippen LogP contribution in [0.2, 0.25) is 43.8 Å². The summed E-state index contributed by atoms with van der Waals surface area (Å²) in [6.45, 7) is 19.5. The SMILES string of the molecule is COc1c([C@@]23CCN(C(=O)OCc4ccccc4)[C@]4(CCC(=O)N4c4c(OCc5ccccc5)cccc42)C3=O)cc2cc(/C=C\[C@@]3(CC(=O)OCC[Si](C)(C)C)CCCN(CCO[Si](C)(C)C(C)(C)C)C3=O)[nH]c2c1OC. The van der Waals surface area contributed by atoms with Gasteiger partial charge in [-0.05, 0) is 84.4 Å². The number of nitrogens with one attached hydrogen (secondary N) is 1. The number of methoxy groups -OCH3 is 2. The first-order valence-corrected chi connectivity index (χ1v) is 33.9. The highest BCUT2D eigenvalue weighted by molar-refractivity contribution is 6.76. The van der Waals surface area contributed by atoms with E-state index in [9.17, 15) is 19.2 Å². The number of aromatic amines is 1. The van der Waals surface area contributed by atoms with E-state index >= 15 is 4.79 Å². The lowest BCUT2D eigenvalue weighted by atomic mass is 9.59. The molecule has 5 aromatic rings. The maximum absolute atomic E-state index is 16.4. The van der Waals surface area contributed by atoms with Crippen molar-refractivity contribution >= 4 is 68.7 Å². The molecule has 9 rings (SSSR count). The van der Waals surface area contributed by atoms with Gasteiger partial charge >= 0.3 is 12.1 Å². The first-order valence-electron chi connectivity index (χ1n) is 27.3. The summed E-state index contributed by atoms with van der Waals surface area (Å²) in [5, 5.41) is 0.677. The molecule has 17 heteroatoms. The minimum Gasteiger partial charge on any atom is -0.492 e. The van der Waals surface area contributed by atoms with Gasteiger partial charge in [-0.25, -0.2) is 4.79 Å². The van der Waals surface area contributed by atoms with Crippen LogP contribution in [0.15, 0.2) is 97.1 Å². The highest BCUT2D eigenvalue weighted by atomic mass is 28.4. The molecule has 3 saturated heterocycles. The molecule has 4 aromatic carbocycles. The topological polar surface area (TPSA) is 166 Å². The first kappa shape index (κ1) is 56.0. The number of carbonyl (C=O) groups excluding carboxylic acids is 5. The number of ether oxygens (including phenoxy) is 5. The van der Waals surface area contributed by atoms with Crippen LogP contribution in [0.5, 0.6) is 17.2 Å². The molecular weight excluding hydrogens is 1020 g/mol. The van der Waals surface area contributed by atoms with E-state index in [0.29, 0.717) is 89.8 Å². The second kappa shape index (κ2) is 21.9. The van der Waals surface area contributed by atoms with Gasteiger partial charge in [-0.15, -0.1) is 0 Å². The number of fused-ring (bicyclic) bond motifs is 5. The molecule has 4 aliphatic rings. The zero-order valence-electron chi connectivity index (χ0n) is 47.0. The van der Waals surface area contributed by atoms with Crippen molar-refractivity contribution in [3.63, 3.8) is 0 Å². The fourth-order valence-corrected chi connectivity index (χ4v) is 13.3. The number of carbonyl (C=O) groups is 5. The van der Waals surface area contributed by atoms with E-state index < -0.39 is 44.9 Å². The summed E-state index contributed by atoms with van der Waals surface area (Å²) in [4.78, 5) is 82.5. The van der Waals surface area contributed by atoms with Gasteiger partial charge in [-0.1, -0.05) is 119 Å². The van der Waals surface area contributed by atoms with Gasteiger partial charge in [-0.3, -0.25) is 29.0 Å². The van der Waals surface area contributed by atoms with Gasteiger partial charge in [0.05, 0.1) is 55.9 Å². The van der Waals surface area contributed by atoms with Crippen LogP contribution in [0.1, 0.15) is 87.2 Å². The highest BCUT2D eigenvalue weighted by Crippen LogP contribution is 2.62. The van der Waals surface area contributed by atoms with Crippen molar-refractivity contribution in [1.82, 2.24) is 14.8 Å². The van der Waals surface area contributed by atoms with Crippen molar-refractivity contribution in [3.8, 4) is 17.2 Å². The van der Waals surface area contributed by atoms with Crippen LogP contribution in [-0.2, 0) is 51.7 Å². The Bertz CT molecular complexity index is 3110. The summed E-state index contributed by atoms with van der Waals surface area (Å²) >= 11 is 0. The van der Waals surface area contributed by atoms with Gasteiger partial charge in [-0.2, -0.15) is 0 Å². The van der Waals surface area contributed by atoms with E-state index in [1.165, 1.54) is 16.9 Å². The van der Waals surface area contributed by atoms with E-state index in [1.807, 2.05) is 102 Å². The molecule has 78 heavy (non-hydrogen) atoms. The maximum Gasteiger partial charge on any atom is 0.412 e. The number of piperidine rings is 2. The molecule has 1 N–H and O–H groups in total. The number of H-pyrrole nitrogens is 1. The van der Waals surface area contributed by atoms with Crippen LogP contribution in [0, 0.1) is 5.41 Å². The van der Waals surface area contributed by atoms with E-state index in [4.69, 9.17) is 28.1 Å². The quantitative estimate of drug-likeness (QED) is 0.0618. The number of amides is 3. The van der Waals surface area contributed by atoms with Crippen LogP contribution in [-0.4, -0.2) is 114 Å². The average Bonchev–Trinajstić information content (AvgIpc) is 3.06. The molecule has 3 atom stereocenters. The zero-order chi connectivity index (χ0) is 55.8. The Hall–Kier alpha value is -6.70. The van der Waals surface area contributed by atoms with Crippen LogP contribution in [0.4, 0.5) is 10.5 Å². The molecule has 3 amide bonds. The molecule has 15 nitrogen and oxygen atoms in total. The molecule has 0 aliphatic carbocycles. The lowest BCUT2D eigenvalue weighted by Gasteiger charge is -2.58.